The van der Waals surface area contributed by atoms with Crippen molar-refractivity contribution in [2.75, 3.05) is 44.4 Å². The molecule has 0 aliphatic carbocycles. The molecule has 2 rings (SSSR count). The monoisotopic (exact) mass is 388 g/mol. The van der Waals surface area contributed by atoms with Gasteiger partial charge in [0.15, 0.2) is 0 Å². The minimum absolute atomic E-state index is 0.0192. The number of hydrogen-bond acceptors (Lipinski definition) is 5. The summed E-state index contributed by atoms with van der Waals surface area (Å²) >= 11 is 5.17. The van der Waals surface area contributed by atoms with Crippen LogP contribution in [0.5, 0.6) is 5.75 Å². The van der Waals surface area contributed by atoms with E-state index in [9.17, 15) is 4.79 Å². The number of nitrogens with one attached hydrogen (secondary N) is 2. The summed E-state index contributed by atoms with van der Waals surface area (Å²) in [7, 11) is 0. The zero-order valence-corrected chi connectivity index (χ0v) is 14.7. The van der Waals surface area contributed by atoms with E-state index in [1.54, 1.807) is 11.8 Å². The maximum absolute atomic E-state index is 11.8. The highest BCUT2D eigenvalue weighted by Crippen LogP contribution is 2.17. The average Bonchev–Trinajstić information content (AvgIpc) is 2.54. The summed E-state index contributed by atoms with van der Waals surface area (Å²) in [5.41, 5.74) is 0. The van der Waals surface area contributed by atoms with Gasteiger partial charge < -0.3 is 20.1 Å². The Bertz CT molecular complexity index is 470. The third-order valence-corrected chi connectivity index (χ3v) is 4.52. The molecule has 1 unspecified atom stereocenters. The van der Waals surface area contributed by atoms with E-state index in [4.69, 9.17) is 9.47 Å². The molecule has 1 aliphatic rings. The first-order valence-corrected chi connectivity index (χ1v) is 9.25. The summed E-state index contributed by atoms with van der Waals surface area (Å²) in [6, 6.07) is 7.60. The van der Waals surface area contributed by atoms with Gasteiger partial charge in [0, 0.05) is 29.1 Å². The molecule has 0 saturated carbocycles. The molecule has 5 nitrogen and oxygen atoms in total. The van der Waals surface area contributed by atoms with E-state index in [1.807, 2.05) is 24.3 Å². The van der Waals surface area contributed by atoms with Crippen molar-refractivity contribution < 1.29 is 14.3 Å². The van der Waals surface area contributed by atoms with Crippen LogP contribution in [0.25, 0.3) is 0 Å². The molecule has 0 aromatic heterocycles. The van der Waals surface area contributed by atoms with Crippen LogP contribution < -0.4 is 15.4 Å². The summed E-state index contributed by atoms with van der Waals surface area (Å²) < 4.78 is 11.9. The van der Waals surface area contributed by atoms with Gasteiger partial charge in [0.05, 0.1) is 19.8 Å². The van der Waals surface area contributed by atoms with E-state index in [-0.39, 0.29) is 11.9 Å². The molecule has 0 radical (unpaired) electrons. The predicted molar refractivity (Wildman–Crippen MR) is 92.6 cm³/mol. The molecule has 1 heterocycles. The van der Waals surface area contributed by atoms with Gasteiger partial charge in [0.25, 0.3) is 0 Å². The Kier molecular flexibility index (Phi) is 8.07. The van der Waals surface area contributed by atoms with Crippen molar-refractivity contribution in [3.05, 3.63) is 28.7 Å². The van der Waals surface area contributed by atoms with Crippen LogP contribution in [0.4, 0.5) is 0 Å². The van der Waals surface area contributed by atoms with Crippen molar-refractivity contribution in [2.45, 2.75) is 6.04 Å². The lowest BCUT2D eigenvalue weighted by Crippen LogP contribution is -2.51. The van der Waals surface area contributed by atoms with Crippen molar-refractivity contribution in [1.82, 2.24) is 10.6 Å². The van der Waals surface area contributed by atoms with Gasteiger partial charge in [0.1, 0.15) is 11.8 Å². The SMILES string of the molecule is O=C(NCCSCCOc1cccc(Br)c1)C1COCCN1. The fourth-order valence-electron chi connectivity index (χ4n) is 1.98. The van der Waals surface area contributed by atoms with E-state index >= 15 is 0 Å². The van der Waals surface area contributed by atoms with Gasteiger partial charge in [-0.25, -0.2) is 0 Å². The number of ether oxygens (including phenoxy) is 2. The first-order valence-electron chi connectivity index (χ1n) is 7.30. The Morgan fingerprint density at radius 1 is 1.50 bits per heavy atom. The maximum Gasteiger partial charge on any atom is 0.239 e. The minimum atomic E-state index is -0.210. The van der Waals surface area contributed by atoms with Crippen LogP contribution in [0.3, 0.4) is 0 Å². The summed E-state index contributed by atoms with van der Waals surface area (Å²) in [5.74, 6) is 2.66. The van der Waals surface area contributed by atoms with Crippen molar-refractivity contribution in [2.24, 2.45) is 0 Å². The smallest absolute Gasteiger partial charge is 0.239 e. The van der Waals surface area contributed by atoms with Crippen LogP contribution in [0.2, 0.25) is 0 Å². The number of rotatable bonds is 8. The summed E-state index contributed by atoms with van der Waals surface area (Å²) in [4.78, 5) is 11.8. The number of halogens is 1. The molecule has 0 spiro atoms. The highest BCUT2D eigenvalue weighted by atomic mass is 79.9. The molecule has 0 bridgehead atoms. The number of hydrogen-bond donors (Lipinski definition) is 2. The van der Waals surface area contributed by atoms with Gasteiger partial charge >= 0.3 is 0 Å². The Morgan fingerprint density at radius 2 is 2.41 bits per heavy atom. The quantitative estimate of drug-likeness (QED) is 0.663. The molecule has 1 aromatic rings. The number of benzene rings is 1. The molecule has 1 aliphatic heterocycles. The molecule has 1 amide bonds. The third kappa shape index (κ3) is 6.56. The highest BCUT2D eigenvalue weighted by Gasteiger charge is 2.20. The topological polar surface area (TPSA) is 59.6 Å². The first-order chi connectivity index (χ1) is 10.8. The average molecular weight is 389 g/mol. The van der Waals surface area contributed by atoms with Crippen LogP contribution in [0, 0.1) is 0 Å². The van der Waals surface area contributed by atoms with Crippen LogP contribution in [-0.2, 0) is 9.53 Å². The zero-order chi connectivity index (χ0) is 15.6. The molecule has 122 valence electrons. The lowest BCUT2D eigenvalue weighted by atomic mass is 10.2. The molecule has 7 heteroatoms. The van der Waals surface area contributed by atoms with Crippen LogP contribution in [-0.4, -0.2) is 56.4 Å². The molecular weight excluding hydrogens is 368 g/mol. The predicted octanol–water partition coefficient (Wildman–Crippen LogP) is 1.67. The Hall–Kier alpha value is -0.760. The highest BCUT2D eigenvalue weighted by molar-refractivity contribution is 9.10. The van der Waals surface area contributed by atoms with E-state index in [0.29, 0.717) is 26.4 Å². The van der Waals surface area contributed by atoms with E-state index in [1.165, 1.54) is 0 Å². The van der Waals surface area contributed by atoms with Gasteiger partial charge in [-0.1, -0.05) is 22.0 Å². The second-order valence-electron chi connectivity index (χ2n) is 4.79. The second-order valence-corrected chi connectivity index (χ2v) is 6.93. The van der Waals surface area contributed by atoms with Gasteiger partial charge in [-0.3, -0.25) is 4.79 Å². The third-order valence-electron chi connectivity index (χ3n) is 3.08. The lowest BCUT2D eigenvalue weighted by Gasteiger charge is -2.22. The molecule has 2 N–H and O–H groups in total. The number of amides is 1. The minimum Gasteiger partial charge on any atom is -0.493 e. The molecular formula is C15H21BrN2O3S. The zero-order valence-electron chi connectivity index (χ0n) is 12.3. The Labute approximate surface area is 143 Å². The van der Waals surface area contributed by atoms with Crippen LogP contribution in [0.1, 0.15) is 0 Å². The second kappa shape index (κ2) is 10.1. The lowest BCUT2D eigenvalue weighted by molar-refractivity contribution is -0.125. The van der Waals surface area contributed by atoms with Crippen LogP contribution >= 0.6 is 27.7 Å². The summed E-state index contributed by atoms with van der Waals surface area (Å²) in [6.07, 6.45) is 0. The summed E-state index contributed by atoms with van der Waals surface area (Å²) in [6.45, 7) is 3.20. The normalized spacial score (nSPS) is 18.0. The number of carbonyl (C=O) groups is 1. The van der Waals surface area contributed by atoms with Gasteiger partial charge in [-0.15, -0.1) is 0 Å². The number of morpholine rings is 1. The van der Waals surface area contributed by atoms with Gasteiger partial charge in [-0.2, -0.15) is 11.8 Å². The fraction of sp³-hybridized carbons (Fsp3) is 0.533. The number of carbonyl (C=O) groups excluding carboxylic acids is 1. The Morgan fingerprint density at radius 3 is 3.18 bits per heavy atom. The van der Waals surface area contributed by atoms with E-state index < -0.39 is 0 Å². The van der Waals surface area contributed by atoms with E-state index in [2.05, 4.69) is 26.6 Å². The van der Waals surface area contributed by atoms with E-state index in [0.717, 1.165) is 28.3 Å². The van der Waals surface area contributed by atoms with Crippen LogP contribution in [0.15, 0.2) is 28.7 Å². The van der Waals surface area contributed by atoms with Crippen molar-refractivity contribution in [1.29, 1.82) is 0 Å². The number of thioether (sulfide) groups is 1. The van der Waals surface area contributed by atoms with Gasteiger partial charge in [0.2, 0.25) is 5.91 Å². The largest absolute Gasteiger partial charge is 0.493 e. The van der Waals surface area contributed by atoms with Crippen molar-refractivity contribution in [3.63, 3.8) is 0 Å². The Balaban J connectivity index is 1.48. The van der Waals surface area contributed by atoms with Crippen molar-refractivity contribution in [3.8, 4) is 5.75 Å². The molecule has 22 heavy (non-hydrogen) atoms. The molecule has 1 fully saturated rings. The first kappa shape index (κ1) is 17.6. The van der Waals surface area contributed by atoms with Crippen molar-refractivity contribution >= 4 is 33.6 Å². The molecule has 1 aromatic carbocycles. The van der Waals surface area contributed by atoms with Gasteiger partial charge in [-0.05, 0) is 18.2 Å². The fourth-order valence-corrected chi connectivity index (χ4v) is 3.01. The maximum atomic E-state index is 11.8. The molecule has 1 atom stereocenters. The molecule has 1 saturated heterocycles. The summed E-state index contributed by atoms with van der Waals surface area (Å²) in [5, 5.41) is 6.05. The standard InChI is InChI=1S/C15H21BrN2O3S/c16-12-2-1-3-13(10-12)21-7-9-22-8-5-18-15(19)14-11-20-6-4-17-14/h1-3,10,14,17H,4-9,11H2,(H,18,19).